The van der Waals surface area contributed by atoms with Crippen LogP contribution >= 0.6 is 0 Å². The lowest BCUT2D eigenvalue weighted by Gasteiger charge is -2.47. The Morgan fingerprint density at radius 1 is 1.22 bits per heavy atom. The Balaban J connectivity index is 2.09. The highest BCUT2D eigenvalue weighted by molar-refractivity contribution is 4.98. The maximum absolute atomic E-state index is 6.27. The summed E-state index contributed by atoms with van der Waals surface area (Å²) in [6, 6.07) is 0.502. The molecular weight excluding hydrogens is 226 g/mol. The Hall–Kier alpha value is -0.120. The van der Waals surface area contributed by atoms with E-state index in [0.717, 1.165) is 19.8 Å². The van der Waals surface area contributed by atoms with Gasteiger partial charge in [-0.25, -0.2) is 0 Å². The fraction of sp³-hybridized carbons (Fsp3) is 1.00. The molecule has 0 aromatic heterocycles. The molecule has 0 spiro atoms. The highest BCUT2D eigenvalue weighted by Gasteiger charge is 2.43. The molecule has 1 saturated heterocycles. The van der Waals surface area contributed by atoms with Crippen molar-refractivity contribution in [3.05, 3.63) is 0 Å². The van der Waals surface area contributed by atoms with E-state index in [1.807, 2.05) is 0 Å². The van der Waals surface area contributed by atoms with Crippen molar-refractivity contribution in [1.82, 2.24) is 5.32 Å². The summed E-state index contributed by atoms with van der Waals surface area (Å²) in [5, 5.41) is 3.59. The van der Waals surface area contributed by atoms with Crippen LogP contribution in [0.15, 0.2) is 0 Å². The quantitative estimate of drug-likeness (QED) is 0.819. The first kappa shape index (κ1) is 14.3. The second-order valence-corrected chi connectivity index (χ2v) is 5.77. The van der Waals surface area contributed by atoms with Gasteiger partial charge in [0.25, 0.3) is 0 Å². The molecule has 1 heterocycles. The normalized spacial score (nSPS) is 27.0. The second kappa shape index (κ2) is 6.88. The molecule has 0 radical (unpaired) electrons. The molecule has 2 fully saturated rings. The molecular formula is C15H29NO2. The smallest absolute Gasteiger partial charge is 0.0837 e. The molecule has 3 nitrogen and oxygen atoms in total. The zero-order chi connectivity index (χ0) is 12.8. The van der Waals surface area contributed by atoms with Crippen molar-refractivity contribution in [2.24, 2.45) is 5.92 Å². The van der Waals surface area contributed by atoms with E-state index >= 15 is 0 Å². The first-order chi connectivity index (χ1) is 8.82. The lowest BCUT2D eigenvalue weighted by Crippen LogP contribution is -2.57. The molecule has 1 unspecified atom stereocenters. The zero-order valence-corrected chi connectivity index (χ0v) is 12.0. The van der Waals surface area contributed by atoms with E-state index in [-0.39, 0.29) is 5.60 Å². The third-order valence-electron chi connectivity index (χ3n) is 4.75. The molecule has 3 heteroatoms. The van der Waals surface area contributed by atoms with E-state index in [9.17, 15) is 0 Å². The van der Waals surface area contributed by atoms with Crippen LogP contribution in [0.5, 0.6) is 0 Å². The summed E-state index contributed by atoms with van der Waals surface area (Å²) in [5.41, 5.74) is 0.0871. The minimum absolute atomic E-state index is 0.0871. The Morgan fingerprint density at radius 2 is 1.89 bits per heavy atom. The summed E-state index contributed by atoms with van der Waals surface area (Å²) in [4.78, 5) is 0. The van der Waals surface area contributed by atoms with Gasteiger partial charge in [-0.1, -0.05) is 19.3 Å². The largest absolute Gasteiger partial charge is 0.381 e. The Morgan fingerprint density at radius 3 is 2.44 bits per heavy atom. The van der Waals surface area contributed by atoms with Crippen molar-refractivity contribution >= 4 is 0 Å². The SMILES string of the molecule is CCOC1(C(NC)C2CCOCC2)CCCCC1. The number of rotatable bonds is 5. The van der Waals surface area contributed by atoms with E-state index in [1.54, 1.807) is 0 Å². The first-order valence-corrected chi connectivity index (χ1v) is 7.71. The fourth-order valence-corrected chi connectivity index (χ4v) is 3.96. The Labute approximate surface area is 112 Å². The van der Waals surface area contributed by atoms with Crippen LogP contribution in [0.4, 0.5) is 0 Å². The van der Waals surface area contributed by atoms with Crippen molar-refractivity contribution in [1.29, 1.82) is 0 Å². The fourth-order valence-electron chi connectivity index (χ4n) is 3.96. The third-order valence-corrected chi connectivity index (χ3v) is 4.75. The molecule has 2 aliphatic rings. The van der Waals surface area contributed by atoms with Gasteiger partial charge in [-0.3, -0.25) is 0 Å². The molecule has 0 aromatic carbocycles. The van der Waals surface area contributed by atoms with Crippen LogP contribution in [0.3, 0.4) is 0 Å². The summed E-state index contributed by atoms with van der Waals surface area (Å²) in [6.07, 6.45) is 8.83. The predicted molar refractivity (Wildman–Crippen MR) is 73.8 cm³/mol. The van der Waals surface area contributed by atoms with E-state index < -0.39 is 0 Å². The summed E-state index contributed by atoms with van der Waals surface area (Å²) >= 11 is 0. The minimum atomic E-state index is 0.0871. The van der Waals surface area contributed by atoms with Gasteiger partial charge in [-0.2, -0.15) is 0 Å². The standard InChI is InChI=1S/C15H29NO2/c1-3-18-15(9-5-4-6-10-15)14(16-2)13-7-11-17-12-8-13/h13-14,16H,3-12H2,1-2H3. The van der Waals surface area contributed by atoms with Crippen molar-refractivity contribution < 1.29 is 9.47 Å². The van der Waals surface area contributed by atoms with E-state index in [2.05, 4.69) is 19.3 Å². The monoisotopic (exact) mass is 255 g/mol. The van der Waals surface area contributed by atoms with E-state index in [0.29, 0.717) is 12.0 Å². The van der Waals surface area contributed by atoms with Crippen LogP contribution in [0.2, 0.25) is 0 Å². The van der Waals surface area contributed by atoms with E-state index in [4.69, 9.17) is 9.47 Å². The van der Waals surface area contributed by atoms with Gasteiger partial charge in [0.2, 0.25) is 0 Å². The van der Waals surface area contributed by atoms with Gasteiger partial charge in [0, 0.05) is 25.9 Å². The van der Waals surface area contributed by atoms with Crippen molar-refractivity contribution in [3.8, 4) is 0 Å². The zero-order valence-electron chi connectivity index (χ0n) is 12.0. The number of hydrogen-bond acceptors (Lipinski definition) is 3. The summed E-state index contributed by atoms with van der Waals surface area (Å²) in [5.74, 6) is 0.716. The van der Waals surface area contributed by atoms with Gasteiger partial charge >= 0.3 is 0 Å². The summed E-state index contributed by atoms with van der Waals surface area (Å²) in [7, 11) is 2.11. The average Bonchev–Trinajstić information content (AvgIpc) is 2.42. The topological polar surface area (TPSA) is 30.5 Å². The minimum Gasteiger partial charge on any atom is -0.381 e. The molecule has 1 saturated carbocycles. The van der Waals surface area contributed by atoms with Crippen molar-refractivity contribution in [2.45, 2.75) is 63.5 Å². The Kier molecular flexibility index (Phi) is 5.46. The molecule has 2 rings (SSSR count). The highest BCUT2D eigenvalue weighted by Crippen LogP contribution is 2.39. The lowest BCUT2D eigenvalue weighted by atomic mass is 9.72. The third kappa shape index (κ3) is 3.06. The second-order valence-electron chi connectivity index (χ2n) is 5.77. The average molecular weight is 255 g/mol. The summed E-state index contributed by atoms with van der Waals surface area (Å²) < 4.78 is 11.8. The van der Waals surface area contributed by atoms with Gasteiger partial charge in [0.1, 0.15) is 0 Å². The number of nitrogens with one attached hydrogen (secondary N) is 1. The summed E-state index contributed by atoms with van der Waals surface area (Å²) in [6.45, 7) is 4.81. The van der Waals surface area contributed by atoms with Crippen LogP contribution in [-0.4, -0.2) is 38.5 Å². The first-order valence-electron chi connectivity index (χ1n) is 7.71. The van der Waals surface area contributed by atoms with Crippen molar-refractivity contribution in [3.63, 3.8) is 0 Å². The van der Waals surface area contributed by atoms with Crippen molar-refractivity contribution in [2.75, 3.05) is 26.9 Å². The molecule has 106 valence electrons. The molecule has 1 aliphatic carbocycles. The van der Waals surface area contributed by atoms with E-state index in [1.165, 1.54) is 44.9 Å². The number of likely N-dealkylation sites (N-methyl/N-ethyl adjacent to an activating group) is 1. The van der Waals surface area contributed by atoms with Crippen LogP contribution in [0, 0.1) is 5.92 Å². The van der Waals surface area contributed by atoms with Gasteiger partial charge in [-0.05, 0) is 45.6 Å². The van der Waals surface area contributed by atoms with Gasteiger partial charge in [-0.15, -0.1) is 0 Å². The molecule has 1 N–H and O–H groups in total. The van der Waals surface area contributed by atoms with Crippen LogP contribution in [0.25, 0.3) is 0 Å². The maximum Gasteiger partial charge on any atom is 0.0837 e. The molecule has 0 bridgehead atoms. The molecule has 1 atom stereocenters. The van der Waals surface area contributed by atoms with Crippen LogP contribution in [-0.2, 0) is 9.47 Å². The van der Waals surface area contributed by atoms with Crippen LogP contribution < -0.4 is 5.32 Å². The Bertz CT molecular complexity index is 227. The molecule has 0 aromatic rings. The molecule has 0 amide bonds. The number of hydrogen-bond donors (Lipinski definition) is 1. The van der Waals surface area contributed by atoms with Crippen LogP contribution in [0.1, 0.15) is 51.9 Å². The predicted octanol–water partition coefficient (Wildman–Crippen LogP) is 2.74. The number of ether oxygens (including phenoxy) is 2. The maximum atomic E-state index is 6.27. The molecule has 18 heavy (non-hydrogen) atoms. The highest BCUT2D eigenvalue weighted by atomic mass is 16.5. The molecule has 1 aliphatic heterocycles. The van der Waals surface area contributed by atoms with Gasteiger partial charge in [0.15, 0.2) is 0 Å². The lowest BCUT2D eigenvalue weighted by molar-refractivity contribution is -0.110. The van der Waals surface area contributed by atoms with Gasteiger partial charge < -0.3 is 14.8 Å². The van der Waals surface area contributed by atoms with Gasteiger partial charge in [0.05, 0.1) is 5.60 Å².